The summed E-state index contributed by atoms with van der Waals surface area (Å²) >= 11 is 0. The first-order valence-corrected chi connectivity index (χ1v) is 6.57. The fourth-order valence-corrected chi connectivity index (χ4v) is 2.26. The van der Waals surface area contributed by atoms with Crippen LogP contribution in [0.5, 0.6) is 5.75 Å². The van der Waals surface area contributed by atoms with Crippen LogP contribution in [0, 0.1) is 0 Å². The molecule has 2 heterocycles. The molecule has 3 nitrogen and oxygen atoms in total. The van der Waals surface area contributed by atoms with E-state index < -0.39 is 0 Å². The van der Waals surface area contributed by atoms with E-state index in [1.807, 2.05) is 20.0 Å². The SMILES string of the molecule is CC(C)Oc1cncc(CN2CCCCC2)c1. The minimum absolute atomic E-state index is 0.210. The number of pyridine rings is 1. The molecule has 0 unspecified atom stereocenters. The second kappa shape index (κ2) is 6.01. The second-order valence-electron chi connectivity index (χ2n) is 5.03. The van der Waals surface area contributed by atoms with Gasteiger partial charge in [0.15, 0.2) is 0 Å². The van der Waals surface area contributed by atoms with Crippen molar-refractivity contribution >= 4 is 0 Å². The van der Waals surface area contributed by atoms with Gasteiger partial charge in [-0.15, -0.1) is 0 Å². The Balaban J connectivity index is 1.95. The van der Waals surface area contributed by atoms with Gasteiger partial charge in [-0.3, -0.25) is 9.88 Å². The zero-order valence-corrected chi connectivity index (χ0v) is 10.9. The summed E-state index contributed by atoms with van der Waals surface area (Å²) in [5.74, 6) is 0.884. The maximum Gasteiger partial charge on any atom is 0.138 e. The highest BCUT2D eigenvalue weighted by Gasteiger charge is 2.11. The van der Waals surface area contributed by atoms with E-state index in [1.54, 1.807) is 6.20 Å². The molecule has 3 heteroatoms. The highest BCUT2D eigenvalue weighted by atomic mass is 16.5. The van der Waals surface area contributed by atoms with Crippen LogP contribution in [0.1, 0.15) is 38.7 Å². The number of piperidine rings is 1. The third kappa shape index (κ3) is 4.00. The highest BCUT2D eigenvalue weighted by molar-refractivity contribution is 5.23. The summed E-state index contributed by atoms with van der Waals surface area (Å²) in [6.45, 7) is 7.52. The zero-order chi connectivity index (χ0) is 12.1. The maximum absolute atomic E-state index is 5.66. The molecule has 1 aromatic rings. The van der Waals surface area contributed by atoms with Gasteiger partial charge < -0.3 is 4.74 Å². The standard InChI is InChI=1S/C14H22N2O/c1-12(2)17-14-8-13(9-15-10-14)11-16-6-4-3-5-7-16/h8-10,12H,3-7,11H2,1-2H3. The van der Waals surface area contributed by atoms with Gasteiger partial charge in [0.25, 0.3) is 0 Å². The lowest BCUT2D eigenvalue weighted by molar-refractivity contribution is 0.218. The average molecular weight is 234 g/mol. The molecule has 0 radical (unpaired) electrons. The van der Waals surface area contributed by atoms with Gasteiger partial charge in [0.05, 0.1) is 12.3 Å². The van der Waals surface area contributed by atoms with Crippen LogP contribution in [0.4, 0.5) is 0 Å². The van der Waals surface area contributed by atoms with E-state index >= 15 is 0 Å². The topological polar surface area (TPSA) is 25.4 Å². The number of hydrogen-bond donors (Lipinski definition) is 0. The summed E-state index contributed by atoms with van der Waals surface area (Å²) in [6, 6.07) is 2.11. The molecule has 1 aromatic heterocycles. The Kier molecular flexibility index (Phi) is 4.37. The summed E-state index contributed by atoms with van der Waals surface area (Å²) < 4.78 is 5.66. The van der Waals surface area contributed by atoms with Gasteiger partial charge in [-0.1, -0.05) is 6.42 Å². The van der Waals surface area contributed by atoms with Crippen molar-refractivity contribution in [1.82, 2.24) is 9.88 Å². The first kappa shape index (κ1) is 12.4. The van der Waals surface area contributed by atoms with E-state index in [0.29, 0.717) is 0 Å². The number of aromatic nitrogens is 1. The van der Waals surface area contributed by atoms with Crippen molar-refractivity contribution in [2.45, 2.75) is 45.8 Å². The molecule has 1 aliphatic heterocycles. The predicted octanol–water partition coefficient (Wildman–Crippen LogP) is 2.85. The molecule has 1 fully saturated rings. The third-order valence-corrected chi connectivity index (χ3v) is 3.00. The van der Waals surface area contributed by atoms with E-state index in [-0.39, 0.29) is 6.10 Å². The first-order valence-electron chi connectivity index (χ1n) is 6.57. The van der Waals surface area contributed by atoms with Gasteiger partial charge in [-0.25, -0.2) is 0 Å². The van der Waals surface area contributed by atoms with Gasteiger partial charge in [0.2, 0.25) is 0 Å². The highest BCUT2D eigenvalue weighted by Crippen LogP contribution is 2.17. The Hall–Kier alpha value is -1.09. The van der Waals surface area contributed by atoms with Crippen LogP contribution < -0.4 is 4.74 Å². The third-order valence-electron chi connectivity index (χ3n) is 3.00. The second-order valence-corrected chi connectivity index (χ2v) is 5.03. The molecule has 94 valence electrons. The largest absolute Gasteiger partial charge is 0.489 e. The lowest BCUT2D eigenvalue weighted by atomic mass is 10.1. The van der Waals surface area contributed by atoms with Crippen molar-refractivity contribution in [2.24, 2.45) is 0 Å². The fourth-order valence-electron chi connectivity index (χ4n) is 2.26. The monoisotopic (exact) mass is 234 g/mol. The normalized spacial score (nSPS) is 17.4. The number of likely N-dealkylation sites (tertiary alicyclic amines) is 1. The van der Waals surface area contributed by atoms with Crippen LogP contribution in [0.25, 0.3) is 0 Å². The lowest BCUT2D eigenvalue weighted by Gasteiger charge is -2.26. The van der Waals surface area contributed by atoms with Crippen LogP contribution in [0.15, 0.2) is 18.5 Å². The van der Waals surface area contributed by atoms with E-state index in [9.17, 15) is 0 Å². The van der Waals surface area contributed by atoms with Gasteiger partial charge in [0, 0.05) is 12.7 Å². The van der Waals surface area contributed by atoms with Crippen molar-refractivity contribution in [3.63, 3.8) is 0 Å². The Bertz CT molecular complexity index is 346. The van der Waals surface area contributed by atoms with Gasteiger partial charge in [0.1, 0.15) is 5.75 Å². The molecule has 0 spiro atoms. The molecule has 17 heavy (non-hydrogen) atoms. The van der Waals surface area contributed by atoms with E-state index in [0.717, 1.165) is 12.3 Å². The van der Waals surface area contributed by atoms with E-state index in [2.05, 4.69) is 16.0 Å². The minimum Gasteiger partial charge on any atom is -0.489 e. The summed E-state index contributed by atoms with van der Waals surface area (Å²) in [6.07, 6.45) is 7.99. The fraction of sp³-hybridized carbons (Fsp3) is 0.643. The quantitative estimate of drug-likeness (QED) is 0.801. The van der Waals surface area contributed by atoms with Crippen LogP contribution in [0.3, 0.4) is 0 Å². The van der Waals surface area contributed by atoms with Crippen LogP contribution in [-0.2, 0) is 6.54 Å². The van der Waals surface area contributed by atoms with Crippen molar-refractivity contribution in [2.75, 3.05) is 13.1 Å². The molecule has 0 N–H and O–H groups in total. The van der Waals surface area contributed by atoms with Gasteiger partial charge in [-0.05, 0) is 51.4 Å². The summed E-state index contributed by atoms with van der Waals surface area (Å²) in [5.41, 5.74) is 1.25. The molecule has 2 rings (SSSR count). The number of hydrogen-bond acceptors (Lipinski definition) is 3. The molecule has 0 aromatic carbocycles. The smallest absolute Gasteiger partial charge is 0.138 e. The Morgan fingerprint density at radius 1 is 1.24 bits per heavy atom. The predicted molar refractivity (Wildman–Crippen MR) is 69.1 cm³/mol. The average Bonchev–Trinajstić information content (AvgIpc) is 2.30. The van der Waals surface area contributed by atoms with Gasteiger partial charge in [-0.2, -0.15) is 0 Å². The Labute approximate surface area is 104 Å². The molecule has 0 saturated carbocycles. The van der Waals surface area contributed by atoms with Crippen molar-refractivity contribution < 1.29 is 4.74 Å². The Morgan fingerprint density at radius 3 is 2.71 bits per heavy atom. The Morgan fingerprint density at radius 2 is 2.00 bits per heavy atom. The number of nitrogens with zero attached hydrogens (tertiary/aromatic N) is 2. The molecule has 0 atom stereocenters. The van der Waals surface area contributed by atoms with E-state index in [4.69, 9.17) is 4.74 Å². The van der Waals surface area contributed by atoms with Crippen LogP contribution >= 0.6 is 0 Å². The summed E-state index contributed by atoms with van der Waals surface area (Å²) in [5, 5.41) is 0. The number of ether oxygens (including phenoxy) is 1. The van der Waals surface area contributed by atoms with E-state index in [1.165, 1.54) is 37.9 Å². The number of rotatable bonds is 4. The van der Waals surface area contributed by atoms with Crippen molar-refractivity contribution in [3.05, 3.63) is 24.0 Å². The van der Waals surface area contributed by atoms with Crippen LogP contribution in [-0.4, -0.2) is 29.1 Å². The van der Waals surface area contributed by atoms with Crippen LogP contribution in [0.2, 0.25) is 0 Å². The molecule has 0 amide bonds. The van der Waals surface area contributed by atoms with Gasteiger partial charge >= 0.3 is 0 Å². The van der Waals surface area contributed by atoms with Crippen molar-refractivity contribution in [1.29, 1.82) is 0 Å². The molecular weight excluding hydrogens is 212 g/mol. The van der Waals surface area contributed by atoms with Crippen molar-refractivity contribution in [3.8, 4) is 5.75 Å². The summed E-state index contributed by atoms with van der Waals surface area (Å²) in [7, 11) is 0. The maximum atomic E-state index is 5.66. The lowest BCUT2D eigenvalue weighted by Crippen LogP contribution is -2.29. The molecular formula is C14H22N2O. The minimum atomic E-state index is 0.210. The molecule has 0 bridgehead atoms. The summed E-state index contributed by atoms with van der Waals surface area (Å²) in [4.78, 5) is 6.75. The molecule has 0 aliphatic carbocycles. The first-order chi connectivity index (χ1) is 8.24. The zero-order valence-electron chi connectivity index (χ0n) is 10.9. The molecule has 1 saturated heterocycles. The molecule has 1 aliphatic rings.